The third kappa shape index (κ3) is 3.48. The van der Waals surface area contributed by atoms with Crippen LogP contribution in [0.3, 0.4) is 0 Å². The molecule has 1 aliphatic carbocycles. The number of piperidine rings is 1. The predicted molar refractivity (Wildman–Crippen MR) is 74.8 cm³/mol. The lowest BCUT2D eigenvalue weighted by atomic mass is 9.80. The molecule has 0 aromatic heterocycles. The van der Waals surface area contributed by atoms with Crippen molar-refractivity contribution in [2.45, 2.75) is 70.3 Å². The van der Waals surface area contributed by atoms with E-state index in [-0.39, 0.29) is 6.04 Å². The Morgan fingerprint density at radius 3 is 2.11 bits per heavy atom. The van der Waals surface area contributed by atoms with Gasteiger partial charge in [0.1, 0.15) is 6.10 Å². The topological polar surface area (TPSA) is 63.9 Å². The molecule has 3 N–H and O–H groups in total. The van der Waals surface area contributed by atoms with Crippen LogP contribution < -0.4 is 0 Å². The maximum Gasteiger partial charge on any atom is 0.108 e. The Labute approximate surface area is 116 Å². The quantitative estimate of drug-likeness (QED) is 0.716. The number of aliphatic hydroxyl groups is 3. The lowest BCUT2D eigenvalue weighted by Crippen LogP contribution is -2.60. The third-order valence-corrected chi connectivity index (χ3v) is 5.27. The fraction of sp³-hybridized carbons (Fsp3) is 1.00. The molecule has 112 valence electrons. The van der Waals surface area contributed by atoms with Gasteiger partial charge in [-0.2, -0.15) is 0 Å². The predicted octanol–water partition coefficient (Wildman–Crippen LogP) is 0.990. The Morgan fingerprint density at radius 1 is 0.947 bits per heavy atom. The van der Waals surface area contributed by atoms with Crippen LogP contribution in [0.5, 0.6) is 0 Å². The molecule has 0 radical (unpaired) electrons. The fourth-order valence-electron chi connectivity index (χ4n) is 3.64. The molecule has 2 rings (SSSR count). The van der Waals surface area contributed by atoms with Crippen molar-refractivity contribution in [3.05, 3.63) is 0 Å². The number of rotatable bonds is 3. The van der Waals surface area contributed by atoms with E-state index >= 15 is 0 Å². The molecule has 0 spiro atoms. The van der Waals surface area contributed by atoms with E-state index in [2.05, 4.69) is 11.8 Å². The molecule has 2 fully saturated rings. The van der Waals surface area contributed by atoms with Gasteiger partial charge < -0.3 is 15.3 Å². The van der Waals surface area contributed by atoms with Crippen LogP contribution >= 0.6 is 0 Å². The van der Waals surface area contributed by atoms with E-state index in [1.54, 1.807) is 0 Å². The highest BCUT2D eigenvalue weighted by Crippen LogP contribution is 2.32. The molecule has 0 amide bonds. The van der Waals surface area contributed by atoms with Crippen LogP contribution in [-0.4, -0.2) is 57.7 Å². The van der Waals surface area contributed by atoms with Gasteiger partial charge in [-0.15, -0.1) is 0 Å². The highest BCUT2D eigenvalue weighted by Gasteiger charge is 2.39. The maximum atomic E-state index is 9.94. The van der Waals surface area contributed by atoms with Gasteiger partial charge in [-0.25, -0.2) is 0 Å². The van der Waals surface area contributed by atoms with Crippen LogP contribution in [0, 0.1) is 11.8 Å². The zero-order valence-corrected chi connectivity index (χ0v) is 12.2. The number of aliphatic hydroxyl groups excluding tert-OH is 3. The van der Waals surface area contributed by atoms with Crippen LogP contribution in [-0.2, 0) is 0 Å². The van der Waals surface area contributed by atoms with Crippen molar-refractivity contribution in [1.29, 1.82) is 0 Å². The zero-order chi connectivity index (χ0) is 14.0. The van der Waals surface area contributed by atoms with Gasteiger partial charge in [-0.1, -0.05) is 26.2 Å². The summed E-state index contributed by atoms with van der Waals surface area (Å²) in [5.74, 6) is 1.58. The zero-order valence-electron chi connectivity index (χ0n) is 12.2. The first-order valence-corrected chi connectivity index (χ1v) is 7.81. The van der Waals surface area contributed by atoms with Crippen molar-refractivity contribution in [3.63, 3.8) is 0 Å². The highest BCUT2D eigenvalue weighted by molar-refractivity contribution is 4.93. The summed E-state index contributed by atoms with van der Waals surface area (Å²) in [5.41, 5.74) is 0. The molecule has 0 bridgehead atoms. The van der Waals surface area contributed by atoms with Crippen molar-refractivity contribution in [2.24, 2.45) is 11.8 Å². The summed E-state index contributed by atoms with van der Waals surface area (Å²) in [6.45, 7) is 5.63. The summed E-state index contributed by atoms with van der Waals surface area (Å²) in [4.78, 5) is 2.15. The second-order valence-electron chi connectivity index (χ2n) is 6.54. The second-order valence-corrected chi connectivity index (χ2v) is 6.54. The molecule has 0 unspecified atom stereocenters. The van der Waals surface area contributed by atoms with Crippen LogP contribution in [0.4, 0.5) is 0 Å². The van der Waals surface area contributed by atoms with Crippen molar-refractivity contribution >= 4 is 0 Å². The van der Waals surface area contributed by atoms with E-state index in [9.17, 15) is 15.3 Å². The van der Waals surface area contributed by atoms with Crippen LogP contribution in [0.15, 0.2) is 0 Å². The van der Waals surface area contributed by atoms with Gasteiger partial charge in [0.2, 0.25) is 0 Å². The Hall–Kier alpha value is -0.160. The van der Waals surface area contributed by atoms with Crippen LogP contribution in [0.2, 0.25) is 0 Å². The maximum absolute atomic E-state index is 9.94. The smallest absolute Gasteiger partial charge is 0.108 e. The molecule has 1 saturated carbocycles. The standard InChI is InChI=1S/C15H29NO3/c1-3-11-4-6-12(7-5-11)8-16-9-13(17)15(19)14(18)10(16)2/h10-15,17-19H,3-9H2,1-2H3/t10-,11?,12?,13+,14-,15-/m1/s1. The first kappa shape index (κ1) is 15.2. The molecule has 1 saturated heterocycles. The first-order chi connectivity index (χ1) is 9.02. The van der Waals surface area contributed by atoms with Crippen molar-refractivity contribution in [1.82, 2.24) is 4.90 Å². The largest absolute Gasteiger partial charge is 0.389 e. The van der Waals surface area contributed by atoms with Gasteiger partial charge in [-0.05, 0) is 31.6 Å². The first-order valence-electron chi connectivity index (χ1n) is 7.81. The summed E-state index contributed by atoms with van der Waals surface area (Å²) in [5, 5.41) is 29.4. The van der Waals surface area contributed by atoms with E-state index in [1.165, 1.54) is 32.1 Å². The molecule has 1 aliphatic heterocycles. The molecular weight excluding hydrogens is 242 g/mol. The van der Waals surface area contributed by atoms with Gasteiger partial charge in [0.25, 0.3) is 0 Å². The van der Waals surface area contributed by atoms with Gasteiger partial charge >= 0.3 is 0 Å². The Balaban J connectivity index is 1.85. The van der Waals surface area contributed by atoms with Gasteiger partial charge in [-0.3, -0.25) is 4.90 Å². The Kier molecular flexibility index (Phi) is 5.23. The fourth-order valence-corrected chi connectivity index (χ4v) is 3.64. The number of likely N-dealkylation sites (tertiary alicyclic amines) is 1. The second kappa shape index (κ2) is 6.53. The number of hydrogen-bond donors (Lipinski definition) is 3. The number of β-amino-alcohol motifs (C(OH)–C–C–N with tert-alkyl or cyclic N) is 1. The molecular formula is C15H29NO3. The monoisotopic (exact) mass is 271 g/mol. The van der Waals surface area contributed by atoms with Crippen molar-refractivity contribution in [3.8, 4) is 0 Å². The average Bonchev–Trinajstić information content (AvgIpc) is 2.43. The molecule has 4 heteroatoms. The van der Waals surface area contributed by atoms with E-state index in [0.29, 0.717) is 12.5 Å². The third-order valence-electron chi connectivity index (χ3n) is 5.27. The average molecular weight is 271 g/mol. The van der Waals surface area contributed by atoms with Crippen LogP contribution in [0.1, 0.15) is 46.0 Å². The Morgan fingerprint density at radius 2 is 1.53 bits per heavy atom. The number of hydrogen-bond acceptors (Lipinski definition) is 4. The number of nitrogens with zero attached hydrogens (tertiary/aromatic N) is 1. The van der Waals surface area contributed by atoms with E-state index in [1.807, 2.05) is 6.92 Å². The summed E-state index contributed by atoms with van der Waals surface area (Å²) < 4.78 is 0. The summed E-state index contributed by atoms with van der Waals surface area (Å²) in [6.07, 6.45) is 3.79. The lowest BCUT2D eigenvalue weighted by Gasteiger charge is -2.44. The van der Waals surface area contributed by atoms with Crippen LogP contribution in [0.25, 0.3) is 0 Å². The summed E-state index contributed by atoms with van der Waals surface area (Å²) >= 11 is 0. The molecule has 1 heterocycles. The molecule has 4 atom stereocenters. The van der Waals surface area contributed by atoms with Gasteiger partial charge in [0.15, 0.2) is 0 Å². The summed E-state index contributed by atoms with van der Waals surface area (Å²) in [6, 6.07) is -0.0673. The molecule has 0 aromatic carbocycles. The molecule has 2 aliphatic rings. The van der Waals surface area contributed by atoms with Crippen molar-refractivity contribution < 1.29 is 15.3 Å². The van der Waals surface area contributed by atoms with E-state index < -0.39 is 18.3 Å². The minimum absolute atomic E-state index is 0.0673. The van der Waals surface area contributed by atoms with Crippen molar-refractivity contribution in [2.75, 3.05) is 13.1 Å². The SMILES string of the molecule is CCC1CCC(CN2C[C@H](O)[C@@H](O)[C@H](O)[C@H]2C)CC1. The molecule has 19 heavy (non-hydrogen) atoms. The molecule has 0 aromatic rings. The Bertz CT molecular complexity index is 279. The van der Waals surface area contributed by atoms with E-state index in [0.717, 1.165) is 12.5 Å². The van der Waals surface area contributed by atoms with Gasteiger partial charge in [0.05, 0.1) is 12.2 Å². The summed E-state index contributed by atoms with van der Waals surface area (Å²) in [7, 11) is 0. The highest BCUT2D eigenvalue weighted by atomic mass is 16.4. The normalized spacial score (nSPS) is 45.3. The van der Waals surface area contributed by atoms with E-state index in [4.69, 9.17) is 0 Å². The minimum Gasteiger partial charge on any atom is -0.389 e. The molecule has 4 nitrogen and oxygen atoms in total. The van der Waals surface area contributed by atoms with Gasteiger partial charge in [0, 0.05) is 19.1 Å². The lowest BCUT2D eigenvalue weighted by molar-refractivity contribution is -0.136. The minimum atomic E-state index is -0.998.